The molecule has 0 amide bonds. The van der Waals surface area contributed by atoms with Gasteiger partial charge in [0.05, 0.1) is 6.42 Å². The second-order valence-corrected chi connectivity index (χ2v) is 6.19. The SMILES string of the molecule is CC(C)CN(CCC(=O)O)c1ccc(N2CCCC2)cc1. The van der Waals surface area contributed by atoms with Crippen molar-refractivity contribution < 1.29 is 9.90 Å². The third kappa shape index (κ3) is 4.66. The van der Waals surface area contributed by atoms with Gasteiger partial charge in [-0.3, -0.25) is 4.79 Å². The van der Waals surface area contributed by atoms with E-state index < -0.39 is 5.97 Å². The van der Waals surface area contributed by atoms with E-state index in [0.29, 0.717) is 12.5 Å². The molecule has 0 bridgehead atoms. The average Bonchev–Trinajstić information content (AvgIpc) is 2.97. The fraction of sp³-hybridized carbons (Fsp3) is 0.588. The molecule has 0 saturated carbocycles. The summed E-state index contributed by atoms with van der Waals surface area (Å²) in [5.74, 6) is -0.227. The summed E-state index contributed by atoms with van der Waals surface area (Å²) in [6.07, 6.45) is 2.74. The summed E-state index contributed by atoms with van der Waals surface area (Å²) < 4.78 is 0. The molecule has 0 atom stereocenters. The van der Waals surface area contributed by atoms with Gasteiger partial charge in [0.25, 0.3) is 0 Å². The Labute approximate surface area is 127 Å². The molecule has 21 heavy (non-hydrogen) atoms. The number of carbonyl (C=O) groups is 1. The van der Waals surface area contributed by atoms with Gasteiger partial charge in [-0.1, -0.05) is 13.8 Å². The first-order valence-corrected chi connectivity index (χ1v) is 7.88. The van der Waals surface area contributed by atoms with Gasteiger partial charge in [-0.2, -0.15) is 0 Å². The van der Waals surface area contributed by atoms with Crippen molar-refractivity contribution in [1.29, 1.82) is 0 Å². The van der Waals surface area contributed by atoms with Gasteiger partial charge in [-0.25, -0.2) is 0 Å². The molecule has 1 aliphatic rings. The van der Waals surface area contributed by atoms with Gasteiger partial charge in [0.2, 0.25) is 0 Å². The number of carboxylic acids is 1. The lowest BCUT2D eigenvalue weighted by Gasteiger charge is -2.27. The monoisotopic (exact) mass is 290 g/mol. The topological polar surface area (TPSA) is 43.8 Å². The molecule has 1 N–H and O–H groups in total. The standard InChI is InChI=1S/C17H26N2O2/c1-14(2)13-19(12-9-17(20)21)16-7-5-15(6-8-16)18-10-3-4-11-18/h5-8,14H,3-4,9-13H2,1-2H3,(H,20,21). The molecule has 1 aromatic carbocycles. The van der Waals surface area contributed by atoms with Gasteiger partial charge in [0.1, 0.15) is 0 Å². The number of carboxylic acid groups (broad SMARTS) is 1. The molecule has 0 unspecified atom stereocenters. The van der Waals surface area contributed by atoms with Crippen LogP contribution in [0.3, 0.4) is 0 Å². The molecule has 1 fully saturated rings. The Bertz CT molecular complexity index is 450. The smallest absolute Gasteiger partial charge is 0.305 e. The van der Waals surface area contributed by atoms with Crippen LogP contribution < -0.4 is 9.80 Å². The van der Waals surface area contributed by atoms with E-state index in [4.69, 9.17) is 5.11 Å². The summed E-state index contributed by atoms with van der Waals surface area (Å²) in [7, 11) is 0. The summed E-state index contributed by atoms with van der Waals surface area (Å²) in [6.45, 7) is 8.06. The summed E-state index contributed by atoms with van der Waals surface area (Å²) in [4.78, 5) is 15.4. The molecule has 1 heterocycles. The number of hydrogen-bond acceptors (Lipinski definition) is 3. The van der Waals surface area contributed by atoms with E-state index in [1.165, 1.54) is 18.5 Å². The van der Waals surface area contributed by atoms with Gasteiger partial charge in [0, 0.05) is 37.6 Å². The van der Waals surface area contributed by atoms with E-state index >= 15 is 0 Å². The van der Waals surface area contributed by atoms with Crippen molar-refractivity contribution in [2.75, 3.05) is 36.0 Å². The lowest BCUT2D eigenvalue weighted by Crippen LogP contribution is -2.30. The number of rotatable bonds is 7. The molecule has 0 radical (unpaired) electrons. The predicted molar refractivity (Wildman–Crippen MR) is 87.2 cm³/mol. The zero-order valence-electron chi connectivity index (χ0n) is 13.1. The molecule has 4 heteroatoms. The maximum atomic E-state index is 10.8. The molecular formula is C17H26N2O2. The zero-order chi connectivity index (χ0) is 15.2. The normalized spacial score (nSPS) is 14.7. The van der Waals surface area contributed by atoms with E-state index in [-0.39, 0.29) is 6.42 Å². The molecule has 0 spiro atoms. The minimum absolute atomic E-state index is 0.181. The highest BCUT2D eigenvalue weighted by Crippen LogP contribution is 2.24. The summed E-state index contributed by atoms with van der Waals surface area (Å²) in [5, 5.41) is 8.90. The van der Waals surface area contributed by atoms with Gasteiger partial charge >= 0.3 is 5.97 Å². The highest BCUT2D eigenvalue weighted by Gasteiger charge is 2.14. The highest BCUT2D eigenvalue weighted by molar-refractivity contribution is 5.68. The maximum absolute atomic E-state index is 10.8. The Morgan fingerprint density at radius 3 is 2.38 bits per heavy atom. The lowest BCUT2D eigenvalue weighted by atomic mass is 10.1. The number of hydrogen-bond donors (Lipinski definition) is 1. The van der Waals surface area contributed by atoms with Crippen LogP contribution >= 0.6 is 0 Å². The third-order valence-electron chi connectivity index (χ3n) is 3.87. The molecule has 1 aliphatic heterocycles. The third-order valence-corrected chi connectivity index (χ3v) is 3.87. The summed E-state index contributed by atoms with van der Waals surface area (Å²) in [6, 6.07) is 8.57. The van der Waals surface area contributed by atoms with Crippen LogP contribution in [0.25, 0.3) is 0 Å². The van der Waals surface area contributed by atoms with E-state index in [0.717, 1.165) is 25.3 Å². The predicted octanol–water partition coefficient (Wildman–Crippen LogP) is 3.22. The lowest BCUT2D eigenvalue weighted by molar-refractivity contribution is -0.136. The van der Waals surface area contributed by atoms with Gasteiger partial charge in [-0.15, -0.1) is 0 Å². The Morgan fingerprint density at radius 2 is 1.86 bits per heavy atom. The van der Waals surface area contributed by atoms with E-state index in [9.17, 15) is 4.79 Å². The first-order chi connectivity index (χ1) is 10.1. The van der Waals surface area contributed by atoms with E-state index in [1.807, 2.05) is 0 Å². The van der Waals surface area contributed by atoms with Crippen LogP contribution in [0.5, 0.6) is 0 Å². The Kier molecular flexibility index (Phi) is 5.48. The second-order valence-electron chi connectivity index (χ2n) is 6.19. The highest BCUT2D eigenvalue weighted by atomic mass is 16.4. The minimum Gasteiger partial charge on any atom is -0.481 e. The van der Waals surface area contributed by atoms with Crippen molar-refractivity contribution >= 4 is 17.3 Å². The van der Waals surface area contributed by atoms with Crippen molar-refractivity contribution in [3.8, 4) is 0 Å². The van der Waals surface area contributed by atoms with Crippen molar-refractivity contribution in [2.24, 2.45) is 5.92 Å². The number of anilines is 2. The molecule has 0 aromatic heterocycles. The first-order valence-electron chi connectivity index (χ1n) is 7.88. The van der Waals surface area contributed by atoms with Crippen LogP contribution in [0.15, 0.2) is 24.3 Å². The van der Waals surface area contributed by atoms with Crippen LogP contribution in [0.4, 0.5) is 11.4 Å². The van der Waals surface area contributed by atoms with E-state index in [1.54, 1.807) is 0 Å². The van der Waals surface area contributed by atoms with Crippen LogP contribution in [-0.4, -0.2) is 37.3 Å². The number of benzene rings is 1. The maximum Gasteiger partial charge on any atom is 0.305 e. The largest absolute Gasteiger partial charge is 0.481 e. The van der Waals surface area contributed by atoms with Crippen LogP contribution in [-0.2, 0) is 4.79 Å². The molecular weight excluding hydrogens is 264 g/mol. The Balaban J connectivity index is 2.05. The van der Waals surface area contributed by atoms with Crippen molar-refractivity contribution in [1.82, 2.24) is 0 Å². The van der Waals surface area contributed by atoms with Gasteiger partial charge in [0.15, 0.2) is 0 Å². The van der Waals surface area contributed by atoms with Gasteiger partial charge in [-0.05, 0) is 43.0 Å². The molecule has 1 aromatic rings. The fourth-order valence-corrected chi connectivity index (χ4v) is 2.85. The second kappa shape index (κ2) is 7.34. The number of nitrogens with zero attached hydrogens (tertiary/aromatic N) is 2. The van der Waals surface area contributed by atoms with Crippen molar-refractivity contribution in [2.45, 2.75) is 33.1 Å². The quantitative estimate of drug-likeness (QED) is 0.837. The number of aliphatic carboxylic acids is 1. The average molecular weight is 290 g/mol. The summed E-state index contributed by atoms with van der Waals surface area (Å²) in [5.41, 5.74) is 2.40. The van der Waals surface area contributed by atoms with Crippen LogP contribution in [0, 0.1) is 5.92 Å². The first kappa shape index (κ1) is 15.7. The molecule has 2 rings (SSSR count). The van der Waals surface area contributed by atoms with Crippen molar-refractivity contribution in [3.63, 3.8) is 0 Å². The van der Waals surface area contributed by atoms with Crippen LogP contribution in [0.2, 0.25) is 0 Å². The molecule has 0 aliphatic carbocycles. The molecule has 4 nitrogen and oxygen atoms in total. The minimum atomic E-state index is -0.738. The Morgan fingerprint density at radius 1 is 1.24 bits per heavy atom. The van der Waals surface area contributed by atoms with Crippen molar-refractivity contribution in [3.05, 3.63) is 24.3 Å². The van der Waals surface area contributed by atoms with Crippen LogP contribution in [0.1, 0.15) is 33.1 Å². The molecule has 116 valence electrons. The summed E-state index contributed by atoms with van der Waals surface area (Å²) >= 11 is 0. The molecule has 1 saturated heterocycles. The fourth-order valence-electron chi connectivity index (χ4n) is 2.85. The Hall–Kier alpha value is -1.71. The zero-order valence-corrected chi connectivity index (χ0v) is 13.1. The van der Waals surface area contributed by atoms with Gasteiger partial charge < -0.3 is 14.9 Å². The van der Waals surface area contributed by atoms with E-state index in [2.05, 4.69) is 47.9 Å².